The van der Waals surface area contributed by atoms with Crippen LogP contribution >= 0.6 is 23.4 Å². The van der Waals surface area contributed by atoms with Gasteiger partial charge in [-0.3, -0.25) is 4.79 Å². The number of methoxy groups -OCH3 is 1. The van der Waals surface area contributed by atoms with Crippen LogP contribution < -0.4 is 4.74 Å². The molecule has 3 rings (SSSR count). The lowest BCUT2D eigenvalue weighted by Crippen LogP contribution is -2.33. The lowest BCUT2D eigenvalue weighted by Gasteiger charge is -2.22. The van der Waals surface area contributed by atoms with Crippen molar-refractivity contribution in [1.82, 2.24) is 4.90 Å². The van der Waals surface area contributed by atoms with Crippen molar-refractivity contribution in [2.75, 3.05) is 33.4 Å². The molecule has 7 heteroatoms. The first-order valence-electron chi connectivity index (χ1n) is 8.36. The Hall–Kier alpha value is -1.24. The molecule has 1 unspecified atom stereocenters. The SMILES string of the molecule is COc1ccc(Cl)cc1C(=O)/N=C1\SC(C)(C)CN1CC1CCOC1. The van der Waals surface area contributed by atoms with Gasteiger partial charge in [-0.2, -0.15) is 4.99 Å². The van der Waals surface area contributed by atoms with E-state index in [4.69, 9.17) is 21.1 Å². The smallest absolute Gasteiger partial charge is 0.283 e. The number of halogens is 1. The van der Waals surface area contributed by atoms with Gasteiger partial charge in [0, 0.05) is 35.4 Å². The molecule has 0 spiro atoms. The van der Waals surface area contributed by atoms with Gasteiger partial charge in [0.1, 0.15) is 5.75 Å². The summed E-state index contributed by atoms with van der Waals surface area (Å²) in [5.41, 5.74) is 0.386. The predicted molar refractivity (Wildman–Crippen MR) is 102 cm³/mol. The maximum absolute atomic E-state index is 12.7. The van der Waals surface area contributed by atoms with Crippen molar-refractivity contribution >= 4 is 34.4 Å². The lowest BCUT2D eigenvalue weighted by molar-refractivity contribution is 0.0998. The number of amidine groups is 1. The Morgan fingerprint density at radius 3 is 3.00 bits per heavy atom. The highest BCUT2D eigenvalue weighted by molar-refractivity contribution is 8.15. The van der Waals surface area contributed by atoms with E-state index in [2.05, 4.69) is 23.7 Å². The Labute approximate surface area is 157 Å². The number of nitrogens with zero attached hydrogens (tertiary/aromatic N) is 2. The summed E-state index contributed by atoms with van der Waals surface area (Å²) in [4.78, 5) is 19.3. The van der Waals surface area contributed by atoms with Gasteiger partial charge in [-0.1, -0.05) is 23.4 Å². The number of aliphatic imine (C=N–C) groups is 1. The van der Waals surface area contributed by atoms with E-state index in [9.17, 15) is 4.79 Å². The minimum absolute atomic E-state index is 0.0248. The highest BCUT2D eigenvalue weighted by Crippen LogP contribution is 2.37. The zero-order valence-electron chi connectivity index (χ0n) is 14.8. The Balaban J connectivity index is 1.84. The molecule has 0 aliphatic carbocycles. The molecule has 2 aliphatic heterocycles. The third kappa shape index (κ3) is 4.49. The molecule has 1 amide bonds. The topological polar surface area (TPSA) is 51.1 Å². The molecule has 0 N–H and O–H groups in total. The van der Waals surface area contributed by atoms with Crippen molar-refractivity contribution in [3.8, 4) is 5.75 Å². The van der Waals surface area contributed by atoms with Crippen molar-refractivity contribution in [1.29, 1.82) is 0 Å². The van der Waals surface area contributed by atoms with Gasteiger partial charge >= 0.3 is 0 Å². The normalized spacial score (nSPS) is 24.1. The first kappa shape index (κ1) is 18.5. The summed E-state index contributed by atoms with van der Waals surface area (Å²) in [6, 6.07) is 4.99. The number of carbonyl (C=O) groups excluding carboxylic acids is 1. The van der Waals surface area contributed by atoms with Crippen LogP contribution in [-0.4, -0.2) is 54.1 Å². The first-order chi connectivity index (χ1) is 11.9. The summed E-state index contributed by atoms with van der Waals surface area (Å²) in [5.74, 6) is 0.652. The molecule has 2 aliphatic rings. The van der Waals surface area contributed by atoms with Gasteiger partial charge in [-0.25, -0.2) is 0 Å². The number of hydrogen-bond donors (Lipinski definition) is 0. The number of hydrogen-bond acceptors (Lipinski definition) is 4. The largest absolute Gasteiger partial charge is 0.496 e. The van der Waals surface area contributed by atoms with Crippen molar-refractivity contribution in [2.45, 2.75) is 25.0 Å². The number of thioether (sulfide) groups is 1. The molecule has 2 saturated heterocycles. The second kappa shape index (κ2) is 7.56. The molecule has 0 aromatic heterocycles. The molecule has 0 radical (unpaired) electrons. The summed E-state index contributed by atoms with van der Waals surface area (Å²) in [6.45, 7) is 7.68. The summed E-state index contributed by atoms with van der Waals surface area (Å²) >= 11 is 7.68. The van der Waals surface area contributed by atoms with E-state index in [0.29, 0.717) is 22.3 Å². The molecule has 1 aromatic carbocycles. The van der Waals surface area contributed by atoms with Crippen LogP contribution in [0.1, 0.15) is 30.6 Å². The number of amides is 1. The van der Waals surface area contributed by atoms with Gasteiger partial charge < -0.3 is 14.4 Å². The summed E-state index contributed by atoms with van der Waals surface area (Å²) < 4.78 is 10.8. The molecule has 1 aromatic rings. The highest BCUT2D eigenvalue weighted by atomic mass is 35.5. The van der Waals surface area contributed by atoms with E-state index in [1.165, 1.54) is 7.11 Å². The van der Waals surface area contributed by atoms with Gasteiger partial charge in [0.2, 0.25) is 0 Å². The summed E-state index contributed by atoms with van der Waals surface area (Å²) in [6.07, 6.45) is 1.06. The maximum Gasteiger partial charge on any atom is 0.283 e. The molecular weight excluding hydrogens is 360 g/mol. The van der Waals surface area contributed by atoms with Crippen molar-refractivity contribution in [3.63, 3.8) is 0 Å². The highest BCUT2D eigenvalue weighted by Gasteiger charge is 2.37. The van der Waals surface area contributed by atoms with Gasteiger partial charge in [0.05, 0.1) is 19.3 Å². The summed E-state index contributed by atoms with van der Waals surface area (Å²) in [5, 5.41) is 1.26. The van der Waals surface area contributed by atoms with Crippen LogP contribution in [0, 0.1) is 5.92 Å². The number of rotatable bonds is 4. The van der Waals surface area contributed by atoms with Crippen LogP contribution in [0.3, 0.4) is 0 Å². The van der Waals surface area contributed by atoms with Crippen LogP contribution in [0.2, 0.25) is 5.02 Å². The van der Waals surface area contributed by atoms with E-state index < -0.39 is 0 Å². The monoisotopic (exact) mass is 382 g/mol. The van der Waals surface area contributed by atoms with Gasteiger partial charge in [0.15, 0.2) is 5.17 Å². The van der Waals surface area contributed by atoms with Crippen molar-refractivity contribution in [2.24, 2.45) is 10.9 Å². The number of benzene rings is 1. The molecule has 2 fully saturated rings. The molecule has 136 valence electrons. The minimum atomic E-state index is -0.327. The summed E-state index contributed by atoms with van der Waals surface area (Å²) in [7, 11) is 1.53. The Bertz CT molecular complexity index is 687. The molecule has 2 heterocycles. The van der Waals surface area contributed by atoms with Gasteiger partial charge in [0.25, 0.3) is 5.91 Å². The fraction of sp³-hybridized carbons (Fsp3) is 0.556. The quantitative estimate of drug-likeness (QED) is 0.794. The average Bonchev–Trinajstić information content (AvgIpc) is 3.15. The van der Waals surface area contributed by atoms with E-state index in [0.717, 1.165) is 37.9 Å². The van der Waals surface area contributed by atoms with Crippen LogP contribution in [-0.2, 0) is 4.74 Å². The van der Waals surface area contributed by atoms with Gasteiger partial charge in [-0.05, 0) is 38.5 Å². The van der Waals surface area contributed by atoms with E-state index in [1.807, 2.05) is 0 Å². The number of ether oxygens (including phenoxy) is 2. The zero-order valence-corrected chi connectivity index (χ0v) is 16.3. The predicted octanol–water partition coefficient (Wildman–Crippen LogP) is 3.71. The van der Waals surface area contributed by atoms with Crippen LogP contribution in [0.15, 0.2) is 23.2 Å². The Morgan fingerprint density at radius 2 is 2.32 bits per heavy atom. The fourth-order valence-corrected chi connectivity index (χ4v) is 4.42. The van der Waals surface area contributed by atoms with Crippen LogP contribution in [0.25, 0.3) is 0 Å². The Morgan fingerprint density at radius 1 is 1.52 bits per heavy atom. The standard InChI is InChI=1S/C18H23ClN2O3S/c1-18(2)11-21(9-12-6-7-24-10-12)17(25-18)20-16(22)14-8-13(19)4-5-15(14)23-3/h4-5,8,12H,6-7,9-11H2,1-3H3/b20-17-. The second-order valence-corrected chi connectivity index (χ2v) is 9.13. The van der Waals surface area contributed by atoms with E-state index >= 15 is 0 Å². The van der Waals surface area contributed by atoms with E-state index in [-0.39, 0.29) is 10.7 Å². The average molecular weight is 383 g/mol. The van der Waals surface area contributed by atoms with Crippen molar-refractivity contribution < 1.29 is 14.3 Å². The third-order valence-electron chi connectivity index (χ3n) is 4.30. The molecular formula is C18H23ClN2O3S. The van der Waals surface area contributed by atoms with Crippen molar-refractivity contribution in [3.05, 3.63) is 28.8 Å². The van der Waals surface area contributed by atoms with Gasteiger partial charge in [-0.15, -0.1) is 0 Å². The van der Waals surface area contributed by atoms with Crippen LogP contribution in [0.5, 0.6) is 5.75 Å². The minimum Gasteiger partial charge on any atom is -0.496 e. The second-order valence-electron chi connectivity index (χ2n) is 7.02. The molecule has 5 nitrogen and oxygen atoms in total. The lowest BCUT2D eigenvalue weighted by atomic mass is 10.1. The fourth-order valence-electron chi connectivity index (χ4n) is 3.14. The molecule has 25 heavy (non-hydrogen) atoms. The Kier molecular flexibility index (Phi) is 5.61. The maximum atomic E-state index is 12.7. The molecule has 1 atom stereocenters. The van der Waals surface area contributed by atoms with Crippen LogP contribution in [0.4, 0.5) is 0 Å². The zero-order chi connectivity index (χ0) is 18.0. The third-order valence-corrected chi connectivity index (χ3v) is 5.75. The molecule has 0 bridgehead atoms. The number of carbonyl (C=O) groups is 1. The molecule has 0 saturated carbocycles. The first-order valence-corrected chi connectivity index (χ1v) is 9.56. The van der Waals surface area contributed by atoms with E-state index in [1.54, 1.807) is 30.0 Å².